The van der Waals surface area contributed by atoms with Gasteiger partial charge in [0.05, 0.1) is 5.39 Å². The maximum atomic E-state index is 12.1. The second-order valence-electron chi connectivity index (χ2n) is 7.29. The molecule has 1 unspecified atom stereocenters. The highest BCUT2D eigenvalue weighted by Crippen LogP contribution is 2.33. The van der Waals surface area contributed by atoms with Crippen molar-refractivity contribution in [1.29, 1.82) is 0 Å². The van der Waals surface area contributed by atoms with Gasteiger partial charge in [0.2, 0.25) is 5.91 Å². The molecule has 134 valence electrons. The first-order valence-electron chi connectivity index (χ1n) is 9.44. The molecular formula is C19H26N4OS. The topological polar surface area (TPSA) is 49.3 Å². The second kappa shape index (κ2) is 7.28. The average Bonchev–Trinajstić information content (AvgIpc) is 2.97. The van der Waals surface area contributed by atoms with Gasteiger partial charge in [0, 0.05) is 32.6 Å². The average molecular weight is 359 g/mol. The third kappa shape index (κ3) is 3.36. The number of fused-ring (bicyclic) bond motifs is 1. The molecule has 2 aromatic heterocycles. The molecule has 2 aromatic rings. The second-order valence-corrected chi connectivity index (χ2v) is 8.18. The molecule has 0 bridgehead atoms. The van der Waals surface area contributed by atoms with Crippen LogP contribution < -0.4 is 4.90 Å². The highest BCUT2D eigenvalue weighted by Gasteiger charge is 2.33. The summed E-state index contributed by atoms with van der Waals surface area (Å²) >= 11 is 1.67. The van der Waals surface area contributed by atoms with Crippen molar-refractivity contribution < 1.29 is 4.79 Å². The number of piperidine rings is 1. The van der Waals surface area contributed by atoms with Gasteiger partial charge in [-0.15, -0.1) is 11.3 Å². The first kappa shape index (κ1) is 16.8. The monoisotopic (exact) mass is 358 g/mol. The van der Waals surface area contributed by atoms with Crippen LogP contribution in [0.15, 0.2) is 17.8 Å². The van der Waals surface area contributed by atoms with Gasteiger partial charge in [-0.25, -0.2) is 9.97 Å². The lowest BCUT2D eigenvalue weighted by atomic mass is 9.86. The van der Waals surface area contributed by atoms with Gasteiger partial charge in [0.15, 0.2) is 0 Å². The number of hydrogen-bond acceptors (Lipinski definition) is 5. The van der Waals surface area contributed by atoms with Crippen LogP contribution in [0.25, 0.3) is 10.2 Å². The predicted molar refractivity (Wildman–Crippen MR) is 102 cm³/mol. The zero-order valence-corrected chi connectivity index (χ0v) is 15.7. The van der Waals surface area contributed by atoms with Gasteiger partial charge in [-0.2, -0.15) is 0 Å². The van der Waals surface area contributed by atoms with Crippen molar-refractivity contribution in [2.24, 2.45) is 5.92 Å². The van der Waals surface area contributed by atoms with E-state index in [-0.39, 0.29) is 5.91 Å². The first-order chi connectivity index (χ1) is 12.2. The Kier molecular flexibility index (Phi) is 4.88. The van der Waals surface area contributed by atoms with E-state index in [0.717, 1.165) is 49.5 Å². The highest BCUT2D eigenvalue weighted by molar-refractivity contribution is 7.16. The molecule has 0 spiro atoms. The smallest absolute Gasteiger partial charge is 0.219 e. The Bertz CT molecular complexity index is 738. The largest absolute Gasteiger partial charge is 0.356 e. The van der Waals surface area contributed by atoms with Gasteiger partial charge in [-0.3, -0.25) is 4.79 Å². The van der Waals surface area contributed by atoms with Crippen LogP contribution in [0.3, 0.4) is 0 Å². The van der Waals surface area contributed by atoms with Crippen molar-refractivity contribution in [3.05, 3.63) is 17.8 Å². The van der Waals surface area contributed by atoms with E-state index >= 15 is 0 Å². The SMILES string of the molecule is CC(=O)N1CCCCCC1C1CCN(c2ncnc3sccc23)CC1. The van der Waals surface area contributed by atoms with E-state index in [1.54, 1.807) is 24.6 Å². The van der Waals surface area contributed by atoms with Crippen molar-refractivity contribution >= 4 is 33.3 Å². The molecule has 2 aliphatic rings. The van der Waals surface area contributed by atoms with E-state index in [2.05, 4.69) is 31.2 Å². The van der Waals surface area contributed by atoms with Crippen LogP contribution >= 0.6 is 11.3 Å². The number of hydrogen-bond donors (Lipinski definition) is 0. The van der Waals surface area contributed by atoms with Crippen LogP contribution in [-0.2, 0) is 4.79 Å². The lowest BCUT2D eigenvalue weighted by Crippen LogP contribution is -2.47. The molecule has 0 aliphatic carbocycles. The molecule has 2 fully saturated rings. The summed E-state index contributed by atoms with van der Waals surface area (Å²) in [5.74, 6) is 1.96. The fourth-order valence-electron chi connectivity index (χ4n) is 4.54. The number of aromatic nitrogens is 2. The maximum Gasteiger partial charge on any atom is 0.219 e. The molecule has 0 saturated carbocycles. The van der Waals surface area contributed by atoms with Crippen molar-refractivity contribution in [2.45, 2.75) is 51.5 Å². The van der Waals surface area contributed by atoms with Crippen molar-refractivity contribution in [3.8, 4) is 0 Å². The molecule has 6 heteroatoms. The van der Waals surface area contributed by atoms with Crippen LogP contribution in [0, 0.1) is 5.92 Å². The maximum absolute atomic E-state index is 12.1. The Labute approximate surface area is 153 Å². The third-order valence-corrected chi connectivity index (χ3v) is 6.65. The van der Waals surface area contributed by atoms with Crippen LogP contribution in [0.1, 0.15) is 45.4 Å². The summed E-state index contributed by atoms with van der Waals surface area (Å²) in [5.41, 5.74) is 0. The van der Waals surface area contributed by atoms with Crippen LogP contribution in [0.2, 0.25) is 0 Å². The van der Waals surface area contributed by atoms with E-state index in [9.17, 15) is 4.79 Å². The molecule has 0 N–H and O–H groups in total. The van der Waals surface area contributed by atoms with E-state index in [4.69, 9.17) is 0 Å². The molecule has 4 heterocycles. The number of rotatable bonds is 2. The zero-order valence-electron chi connectivity index (χ0n) is 14.9. The van der Waals surface area contributed by atoms with Crippen LogP contribution in [0.5, 0.6) is 0 Å². The quantitative estimate of drug-likeness (QED) is 0.821. The number of carbonyl (C=O) groups excluding carboxylic acids is 1. The Morgan fingerprint density at radius 2 is 1.96 bits per heavy atom. The van der Waals surface area contributed by atoms with Gasteiger partial charge in [0.1, 0.15) is 17.0 Å². The van der Waals surface area contributed by atoms with Crippen LogP contribution in [0.4, 0.5) is 5.82 Å². The molecule has 1 amide bonds. The van der Waals surface area contributed by atoms with Gasteiger partial charge < -0.3 is 9.80 Å². The minimum absolute atomic E-state index is 0.255. The van der Waals surface area contributed by atoms with Crippen molar-refractivity contribution in [2.75, 3.05) is 24.5 Å². The Morgan fingerprint density at radius 3 is 2.76 bits per heavy atom. The fraction of sp³-hybridized carbons (Fsp3) is 0.632. The lowest BCUT2D eigenvalue weighted by molar-refractivity contribution is -0.132. The normalized spacial score (nSPS) is 23.0. The molecule has 5 nitrogen and oxygen atoms in total. The minimum Gasteiger partial charge on any atom is -0.356 e. The number of amides is 1. The summed E-state index contributed by atoms with van der Waals surface area (Å²) in [6.07, 6.45) is 8.82. The van der Waals surface area contributed by atoms with Gasteiger partial charge in [-0.05, 0) is 43.0 Å². The molecule has 25 heavy (non-hydrogen) atoms. The number of thiophene rings is 1. The summed E-state index contributed by atoms with van der Waals surface area (Å²) in [4.78, 5) is 26.7. The third-order valence-electron chi connectivity index (χ3n) is 5.83. The van der Waals surface area contributed by atoms with E-state index < -0.39 is 0 Å². The van der Waals surface area contributed by atoms with E-state index in [1.165, 1.54) is 24.6 Å². The molecule has 1 atom stereocenters. The summed E-state index contributed by atoms with van der Waals surface area (Å²) in [6, 6.07) is 2.57. The lowest BCUT2D eigenvalue weighted by Gasteiger charge is -2.40. The summed E-state index contributed by atoms with van der Waals surface area (Å²) < 4.78 is 0. The number of anilines is 1. The highest BCUT2D eigenvalue weighted by atomic mass is 32.1. The summed E-state index contributed by atoms with van der Waals surface area (Å²) in [5, 5.41) is 3.26. The standard InChI is InChI=1S/C19H26N4OS/c1-14(24)23-9-4-2-3-5-17(23)15-6-10-22(11-7-15)18-16-8-12-25-19(16)21-13-20-18/h8,12-13,15,17H,2-7,9-11H2,1H3. The van der Waals surface area contributed by atoms with Gasteiger partial charge in [-0.1, -0.05) is 12.8 Å². The minimum atomic E-state index is 0.255. The summed E-state index contributed by atoms with van der Waals surface area (Å²) in [7, 11) is 0. The predicted octanol–water partition coefficient (Wildman–Crippen LogP) is 3.70. The number of carbonyl (C=O) groups is 1. The molecule has 4 rings (SSSR count). The molecule has 0 radical (unpaired) electrons. The Morgan fingerprint density at radius 1 is 1.12 bits per heavy atom. The number of likely N-dealkylation sites (tertiary alicyclic amines) is 1. The molecule has 0 aromatic carbocycles. The molecule has 2 saturated heterocycles. The van der Waals surface area contributed by atoms with Crippen LogP contribution in [-0.4, -0.2) is 46.5 Å². The summed E-state index contributed by atoms with van der Waals surface area (Å²) in [6.45, 7) is 4.73. The first-order valence-corrected chi connectivity index (χ1v) is 10.3. The molecular weight excluding hydrogens is 332 g/mol. The van der Waals surface area contributed by atoms with Crippen molar-refractivity contribution in [3.63, 3.8) is 0 Å². The Hall–Kier alpha value is -1.69. The van der Waals surface area contributed by atoms with E-state index in [0.29, 0.717) is 12.0 Å². The van der Waals surface area contributed by atoms with Crippen molar-refractivity contribution in [1.82, 2.24) is 14.9 Å². The van der Waals surface area contributed by atoms with E-state index in [1.807, 2.05) is 0 Å². The van der Waals surface area contributed by atoms with Gasteiger partial charge >= 0.3 is 0 Å². The van der Waals surface area contributed by atoms with Gasteiger partial charge in [0.25, 0.3) is 0 Å². The Balaban J connectivity index is 1.47. The molecule has 2 aliphatic heterocycles. The number of nitrogens with zero attached hydrogens (tertiary/aromatic N) is 4. The fourth-order valence-corrected chi connectivity index (χ4v) is 5.27. The zero-order chi connectivity index (χ0) is 17.2.